The van der Waals surface area contributed by atoms with Crippen LogP contribution < -0.4 is 0 Å². The summed E-state index contributed by atoms with van der Waals surface area (Å²) in [7, 11) is 0. The van der Waals surface area contributed by atoms with Crippen molar-refractivity contribution in [2.75, 3.05) is 6.61 Å². The van der Waals surface area contributed by atoms with Gasteiger partial charge in [-0.2, -0.15) is 5.26 Å². The highest BCUT2D eigenvalue weighted by molar-refractivity contribution is 8.01. The summed E-state index contributed by atoms with van der Waals surface area (Å²) >= 11 is 1.72. The van der Waals surface area contributed by atoms with E-state index in [1.54, 1.807) is 11.8 Å². The highest BCUT2D eigenvalue weighted by Crippen LogP contribution is 2.14. The fraction of sp³-hybridized carbons (Fsp3) is 0.211. The molecule has 0 saturated carbocycles. The van der Waals surface area contributed by atoms with Gasteiger partial charge in [-0.15, -0.1) is 11.8 Å². The van der Waals surface area contributed by atoms with Crippen LogP contribution in [0.4, 0.5) is 0 Å². The first-order valence-electron chi connectivity index (χ1n) is 7.17. The molecule has 0 unspecified atom stereocenters. The predicted molar refractivity (Wildman–Crippen MR) is 92.4 cm³/mol. The van der Waals surface area contributed by atoms with Crippen molar-refractivity contribution < 1.29 is 4.74 Å². The largest absolute Gasteiger partial charge is 0.373 e. The molecule has 0 amide bonds. The Morgan fingerprint density at radius 1 is 1.05 bits per heavy atom. The van der Waals surface area contributed by atoms with Crippen molar-refractivity contribution in [2.24, 2.45) is 0 Å². The van der Waals surface area contributed by atoms with Gasteiger partial charge < -0.3 is 4.74 Å². The molecule has 0 radical (unpaired) electrons. The Labute approximate surface area is 136 Å². The van der Waals surface area contributed by atoms with Gasteiger partial charge in [-0.3, -0.25) is 0 Å². The molecule has 0 atom stereocenters. The second-order valence-electron chi connectivity index (χ2n) is 4.99. The van der Waals surface area contributed by atoms with Crippen molar-refractivity contribution >= 4 is 11.8 Å². The van der Waals surface area contributed by atoms with Gasteiger partial charge in [0.15, 0.2) is 0 Å². The van der Waals surface area contributed by atoms with Gasteiger partial charge in [0.2, 0.25) is 0 Å². The van der Waals surface area contributed by atoms with Gasteiger partial charge in [-0.25, -0.2) is 0 Å². The number of hydrogen-bond donors (Lipinski definition) is 0. The van der Waals surface area contributed by atoms with Crippen LogP contribution in [0.2, 0.25) is 0 Å². The molecular weight excluding hydrogens is 290 g/mol. The average Bonchev–Trinajstić information content (AvgIpc) is 2.56. The fourth-order valence-electron chi connectivity index (χ4n) is 1.86. The Hall–Kier alpha value is -2.02. The molecule has 3 heteroatoms. The third kappa shape index (κ3) is 5.77. The lowest BCUT2D eigenvalue weighted by Crippen LogP contribution is -1.92. The van der Waals surface area contributed by atoms with Crippen LogP contribution in [0, 0.1) is 18.3 Å². The summed E-state index contributed by atoms with van der Waals surface area (Å²) in [5.74, 6) is 0.903. The summed E-state index contributed by atoms with van der Waals surface area (Å²) in [5.41, 5.74) is 4.38. The molecule has 0 spiro atoms. The molecule has 0 aliphatic heterocycles. The molecule has 0 fully saturated rings. The molecule has 0 heterocycles. The molecule has 0 N–H and O–H groups in total. The van der Waals surface area contributed by atoms with Crippen LogP contribution in [-0.2, 0) is 17.1 Å². The van der Waals surface area contributed by atoms with Crippen LogP contribution in [0.5, 0.6) is 0 Å². The number of ether oxygens (including phenoxy) is 1. The minimum atomic E-state index is 0.619. The maximum atomic E-state index is 8.74. The minimum absolute atomic E-state index is 0.619. The number of hydrogen-bond acceptors (Lipinski definition) is 3. The van der Waals surface area contributed by atoms with E-state index in [4.69, 9.17) is 10.00 Å². The second-order valence-corrected chi connectivity index (χ2v) is 5.89. The molecule has 0 saturated heterocycles. The molecule has 0 aliphatic carbocycles. The van der Waals surface area contributed by atoms with Crippen LogP contribution in [0.3, 0.4) is 0 Å². The Balaban J connectivity index is 1.61. The smallest absolute Gasteiger partial charge is 0.0991 e. The van der Waals surface area contributed by atoms with Crippen LogP contribution in [0.15, 0.2) is 60.0 Å². The molecule has 22 heavy (non-hydrogen) atoms. The molecule has 2 rings (SSSR count). The first-order chi connectivity index (χ1) is 10.8. The standard InChI is InChI=1S/C19H19NOS/c1-16-3-5-18(6-4-16)14-21-11-2-12-22-15-19-9-7-17(13-20)8-10-19/h2-10,12H,11,14-15H2,1H3/b12-2-. The fourth-order valence-corrected chi connectivity index (χ4v) is 2.55. The van der Waals surface area contributed by atoms with E-state index in [2.05, 4.69) is 42.7 Å². The third-order valence-electron chi connectivity index (χ3n) is 3.13. The van der Waals surface area contributed by atoms with Crippen LogP contribution in [0.1, 0.15) is 22.3 Å². The minimum Gasteiger partial charge on any atom is -0.373 e. The maximum absolute atomic E-state index is 8.74. The van der Waals surface area contributed by atoms with Crippen molar-refractivity contribution in [2.45, 2.75) is 19.3 Å². The summed E-state index contributed by atoms with van der Waals surface area (Å²) in [6.45, 7) is 3.34. The van der Waals surface area contributed by atoms with Gasteiger partial charge in [0.25, 0.3) is 0 Å². The van der Waals surface area contributed by atoms with E-state index in [0.717, 1.165) is 5.75 Å². The Morgan fingerprint density at radius 2 is 1.73 bits per heavy atom. The zero-order valence-corrected chi connectivity index (χ0v) is 13.5. The lowest BCUT2D eigenvalue weighted by atomic mass is 10.2. The number of benzene rings is 2. The van der Waals surface area contributed by atoms with E-state index in [0.29, 0.717) is 18.8 Å². The number of rotatable bonds is 7. The zero-order valence-electron chi connectivity index (χ0n) is 12.7. The van der Waals surface area contributed by atoms with Crippen LogP contribution in [-0.4, -0.2) is 6.61 Å². The normalized spacial score (nSPS) is 10.7. The monoisotopic (exact) mass is 309 g/mol. The molecular formula is C19H19NOS. The quantitative estimate of drug-likeness (QED) is 0.687. The first-order valence-corrected chi connectivity index (χ1v) is 8.22. The van der Waals surface area contributed by atoms with Gasteiger partial charge in [0.05, 0.1) is 24.8 Å². The molecule has 0 aromatic heterocycles. The summed E-state index contributed by atoms with van der Waals surface area (Å²) in [6.07, 6.45) is 2.03. The highest BCUT2D eigenvalue weighted by atomic mass is 32.2. The SMILES string of the molecule is Cc1ccc(COC/C=C\SCc2ccc(C#N)cc2)cc1. The predicted octanol–water partition coefficient (Wildman–Crippen LogP) is 4.83. The van der Waals surface area contributed by atoms with E-state index in [1.807, 2.05) is 30.3 Å². The first kappa shape index (κ1) is 16.4. The number of nitriles is 1. The average molecular weight is 309 g/mol. The van der Waals surface area contributed by atoms with E-state index >= 15 is 0 Å². The van der Waals surface area contributed by atoms with Crippen molar-refractivity contribution in [3.05, 3.63) is 82.3 Å². The third-order valence-corrected chi connectivity index (χ3v) is 4.01. The Kier molecular flexibility index (Phi) is 6.76. The second kappa shape index (κ2) is 9.09. The summed E-state index contributed by atoms with van der Waals surface area (Å²) in [5, 5.41) is 10.8. The van der Waals surface area contributed by atoms with Crippen molar-refractivity contribution in [3.8, 4) is 6.07 Å². The topological polar surface area (TPSA) is 33.0 Å². The van der Waals surface area contributed by atoms with Crippen molar-refractivity contribution in [3.63, 3.8) is 0 Å². The van der Waals surface area contributed by atoms with Gasteiger partial charge in [0.1, 0.15) is 0 Å². The zero-order chi connectivity index (χ0) is 15.6. The molecule has 2 aromatic carbocycles. The summed E-state index contributed by atoms with van der Waals surface area (Å²) < 4.78 is 5.61. The van der Waals surface area contributed by atoms with Gasteiger partial charge in [-0.1, -0.05) is 48.0 Å². The lowest BCUT2D eigenvalue weighted by molar-refractivity contribution is 0.149. The van der Waals surface area contributed by atoms with Gasteiger partial charge in [0, 0.05) is 5.75 Å². The summed E-state index contributed by atoms with van der Waals surface area (Å²) in [6, 6.07) is 18.2. The van der Waals surface area contributed by atoms with Crippen LogP contribution >= 0.6 is 11.8 Å². The van der Waals surface area contributed by atoms with Gasteiger partial charge >= 0.3 is 0 Å². The highest BCUT2D eigenvalue weighted by Gasteiger charge is 1.93. The van der Waals surface area contributed by atoms with Crippen molar-refractivity contribution in [1.29, 1.82) is 5.26 Å². The summed E-state index contributed by atoms with van der Waals surface area (Å²) in [4.78, 5) is 0. The van der Waals surface area contributed by atoms with E-state index < -0.39 is 0 Å². The number of nitrogens with zero attached hydrogens (tertiary/aromatic N) is 1. The van der Waals surface area contributed by atoms with E-state index in [1.165, 1.54) is 16.7 Å². The lowest BCUT2D eigenvalue weighted by Gasteiger charge is -2.02. The molecule has 112 valence electrons. The Bertz CT molecular complexity index is 639. The van der Waals surface area contributed by atoms with E-state index in [9.17, 15) is 0 Å². The number of thioether (sulfide) groups is 1. The maximum Gasteiger partial charge on any atom is 0.0991 e. The molecule has 0 bridgehead atoms. The molecule has 2 nitrogen and oxygen atoms in total. The number of aryl methyl sites for hydroxylation is 1. The van der Waals surface area contributed by atoms with Crippen LogP contribution in [0.25, 0.3) is 0 Å². The molecule has 2 aromatic rings. The Morgan fingerprint density at radius 3 is 2.41 bits per heavy atom. The van der Waals surface area contributed by atoms with E-state index in [-0.39, 0.29) is 0 Å². The van der Waals surface area contributed by atoms with Gasteiger partial charge in [-0.05, 0) is 35.6 Å². The van der Waals surface area contributed by atoms with Crippen molar-refractivity contribution in [1.82, 2.24) is 0 Å². The molecule has 0 aliphatic rings.